The Balaban J connectivity index is 1.27. The van der Waals surface area contributed by atoms with Crippen LogP contribution in [0.4, 0.5) is 11.8 Å². The van der Waals surface area contributed by atoms with Crippen molar-refractivity contribution >= 4 is 11.8 Å². The van der Waals surface area contributed by atoms with E-state index < -0.39 is 0 Å². The minimum absolute atomic E-state index is 0.0414. The lowest BCUT2D eigenvalue weighted by Crippen LogP contribution is -2.58. The zero-order valence-electron chi connectivity index (χ0n) is 19.4. The number of hydrogen-bond acceptors (Lipinski definition) is 8. The summed E-state index contributed by atoms with van der Waals surface area (Å²) in [6.45, 7) is 5.27. The maximum absolute atomic E-state index is 9.60. The second-order valence-corrected chi connectivity index (χ2v) is 10.5. The first kappa shape index (κ1) is 21.9. The van der Waals surface area contributed by atoms with Gasteiger partial charge in [0.1, 0.15) is 17.5 Å². The molecular weight excluding hydrogens is 414 g/mol. The average Bonchev–Trinajstić information content (AvgIpc) is 2.80. The molecule has 8 heteroatoms. The maximum Gasteiger partial charge on any atom is 0.224 e. The van der Waals surface area contributed by atoms with E-state index in [0.717, 1.165) is 18.0 Å². The molecule has 0 saturated heterocycles. The predicted octanol–water partition coefficient (Wildman–Crippen LogP) is 3.71. The van der Waals surface area contributed by atoms with Crippen molar-refractivity contribution in [3.8, 4) is 11.9 Å². The van der Waals surface area contributed by atoms with Gasteiger partial charge in [0, 0.05) is 30.9 Å². The zero-order valence-corrected chi connectivity index (χ0v) is 19.4. The van der Waals surface area contributed by atoms with Crippen LogP contribution in [0.2, 0.25) is 0 Å². The standard InChI is InChI=1S/C25H33N7O/c1-15(2)33-23-17(4-3-5-28-23)12-29-24-30-13-20(11-26)22(32-24)31-14-25-8-16-6-18(9-25)21(27)19(7-16)10-25/h3-5,13,15-16,18-19,21H,6-10,12,14,27H2,1-2H3,(H2,29,30,31,32)/t16?,18-,19+,21-,25-. The average molecular weight is 448 g/mol. The molecule has 4 fully saturated rings. The molecule has 2 aromatic rings. The monoisotopic (exact) mass is 447 g/mol. The molecule has 1 unspecified atom stereocenters. The first-order chi connectivity index (χ1) is 15.9. The van der Waals surface area contributed by atoms with Crippen molar-refractivity contribution in [2.45, 2.75) is 64.6 Å². The Hall–Kier alpha value is -2.92. The number of pyridine rings is 1. The molecule has 0 radical (unpaired) electrons. The molecule has 33 heavy (non-hydrogen) atoms. The summed E-state index contributed by atoms with van der Waals surface area (Å²) in [5, 5.41) is 16.4. The Morgan fingerprint density at radius 3 is 2.73 bits per heavy atom. The molecule has 0 aromatic carbocycles. The van der Waals surface area contributed by atoms with Crippen LogP contribution in [0.25, 0.3) is 0 Å². The van der Waals surface area contributed by atoms with Crippen LogP contribution in [-0.4, -0.2) is 33.6 Å². The van der Waals surface area contributed by atoms with Crippen LogP contribution >= 0.6 is 0 Å². The first-order valence-corrected chi connectivity index (χ1v) is 12.1. The van der Waals surface area contributed by atoms with Crippen molar-refractivity contribution in [1.29, 1.82) is 5.26 Å². The van der Waals surface area contributed by atoms with Gasteiger partial charge in [0.2, 0.25) is 11.8 Å². The first-order valence-electron chi connectivity index (χ1n) is 12.1. The summed E-state index contributed by atoms with van der Waals surface area (Å²) in [6, 6.07) is 6.45. The van der Waals surface area contributed by atoms with Crippen molar-refractivity contribution in [3.63, 3.8) is 0 Å². The van der Waals surface area contributed by atoms with Crippen LogP contribution in [-0.2, 0) is 6.54 Å². The van der Waals surface area contributed by atoms with E-state index in [1.807, 2.05) is 26.0 Å². The van der Waals surface area contributed by atoms with E-state index in [4.69, 9.17) is 10.5 Å². The molecule has 2 aromatic heterocycles. The molecule has 0 amide bonds. The van der Waals surface area contributed by atoms with E-state index in [1.165, 1.54) is 32.1 Å². The van der Waals surface area contributed by atoms with Crippen molar-refractivity contribution in [1.82, 2.24) is 15.0 Å². The van der Waals surface area contributed by atoms with Crippen molar-refractivity contribution < 1.29 is 4.74 Å². The largest absolute Gasteiger partial charge is 0.475 e. The lowest BCUT2D eigenvalue weighted by Gasteiger charge is -2.59. The molecule has 4 bridgehead atoms. The lowest BCUT2D eigenvalue weighted by molar-refractivity contribution is -0.0591. The highest BCUT2D eigenvalue weighted by molar-refractivity contribution is 5.53. The van der Waals surface area contributed by atoms with Crippen LogP contribution < -0.4 is 21.1 Å². The van der Waals surface area contributed by atoms with E-state index in [1.54, 1.807) is 12.4 Å². The molecule has 8 nitrogen and oxygen atoms in total. The van der Waals surface area contributed by atoms with Crippen LogP contribution in [0.3, 0.4) is 0 Å². The minimum Gasteiger partial charge on any atom is -0.475 e. The van der Waals surface area contributed by atoms with Gasteiger partial charge in [-0.15, -0.1) is 0 Å². The third-order valence-corrected chi connectivity index (χ3v) is 7.65. The third kappa shape index (κ3) is 4.47. The highest BCUT2D eigenvalue weighted by atomic mass is 16.5. The number of nitrogens with two attached hydrogens (primary N) is 1. The van der Waals surface area contributed by atoms with Gasteiger partial charge in [-0.2, -0.15) is 10.2 Å². The Morgan fingerprint density at radius 1 is 1.21 bits per heavy atom. The van der Waals surface area contributed by atoms with E-state index >= 15 is 0 Å². The number of ether oxygens (including phenoxy) is 1. The van der Waals surface area contributed by atoms with E-state index in [2.05, 4.69) is 31.7 Å². The molecule has 4 saturated carbocycles. The molecule has 4 N–H and O–H groups in total. The van der Waals surface area contributed by atoms with Crippen molar-refractivity contribution in [2.24, 2.45) is 28.9 Å². The fraction of sp³-hybridized carbons (Fsp3) is 0.600. The molecule has 0 spiro atoms. The molecular formula is C25H33N7O. The number of nitrogens with zero attached hydrogens (tertiary/aromatic N) is 4. The van der Waals surface area contributed by atoms with Gasteiger partial charge < -0.3 is 21.1 Å². The number of aromatic nitrogens is 3. The summed E-state index contributed by atoms with van der Waals surface area (Å²) in [5.74, 6) is 3.79. The molecule has 4 aliphatic carbocycles. The SMILES string of the molecule is CC(C)Oc1ncccc1CNc1ncc(C#N)c(NC[C@]23CC4C[C@H](C2)[C@@H](N)[C@@H](C4)C3)n1. The summed E-state index contributed by atoms with van der Waals surface area (Å²) in [5.41, 5.74) is 8.18. The third-order valence-electron chi connectivity index (χ3n) is 7.65. The predicted molar refractivity (Wildman–Crippen MR) is 127 cm³/mol. The van der Waals surface area contributed by atoms with Gasteiger partial charge in [0.05, 0.1) is 12.3 Å². The van der Waals surface area contributed by atoms with Crippen LogP contribution in [0.15, 0.2) is 24.5 Å². The highest BCUT2D eigenvalue weighted by Crippen LogP contribution is 2.59. The van der Waals surface area contributed by atoms with Crippen molar-refractivity contribution in [2.75, 3.05) is 17.2 Å². The Labute approximate surface area is 195 Å². The van der Waals surface area contributed by atoms with Gasteiger partial charge in [-0.1, -0.05) is 6.07 Å². The summed E-state index contributed by atoms with van der Waals surface area (Å²) in [4.78, 5) is 13.3. The van der Waals surface area contributed by atoms with Gasteiger partial charge in [-0.3, -0.25) is 0 Å². The maximum atomic E-state index is 9.60. The minimum atomic E-state index is 0.0414. The number of hydrogen-bond donors (Lipinski definition) is 3. The fourth-order valence-electron chi connectivity index (χ4n) is 6.47. The summed E-state index contributed by atoms with van der Waals surface area (Å²) < 4.78 is 5.80. The smallest absolute Gasteiger partial charge is 0.224 e. The quantitative estimate of drug-likeness (QED) is 0.560. The van der Waals surface area contributed by atoms with Gasteiger partial charge >= 0.3 is 0 Å². The normalized spacial score (nSPS) is 29.7. The number of rotatable bonds is 8. The summed E-state index contributed by atoms with van der Waals surface area (Å²) >= 11 is 0. The van der Waals surface area contributed by atoms with Gasteiger partial charge in [0.15, 0.2) is 0 Å². The topological polar surface area (TPSA) is 122 Å². The molecule has 0 aliphatic heterocycles. The molecule has 174 valence electrons. The number of nitrogens with one attached hydrogen (secondary N) is 2. The molecule has 6 rings (SSSR count). The summed E-state index contributed by atoms with van der Waals surface area (Å²) in [7, 11) is 0. The van der Waals surface area contributed by atoms with Crippen molar-refractivity contribution in [3.05, 3.63) is 35.7 Å². The van der Waals surface area contributed by atoms with Crippen LogP contribution in [0.1, 0.15) is 57.1 Å². The summed E-state index contributed by atoms with van der Waals surface area (Å²) in [6.07, 6.45) is 9.57. The van der Waals surface area contributed by atoms with Gasteiger partial charge in [-0.05, 0) is 75.2 Å². The van der Waals surface area contributed by atoms with E-state index in [9.17, 15) is 5.26 Å². The second kappa shape index (κ2) is 8.79. The van der Waals surface area contributed by atoms with Crippen LogP contribution in [0, 0.1) is 34.5 Å². The molecule has 4 aliphatic rings. The number of nitriles is 1. The second-order valence-electron chi connectivity index (χ2n) is 10.5. The van der Waals surface area contributed by atoms with Gasteiger partial charge in [-0.25, -0.2) is 9.97 Å². The Bertz CT molecular complexity index is 1030. The lowest BCUT2D eigenvalue weighted by atomic mass is 9.48. The Morgan fingerprint density at radius 2 is 2.00 bits per heavy atom. The van der Waals surface area contributed by atoms with E-state index in [-0.39, 0.29) is 11.5 Å². The molecule has 2 heterocycles. The van der Waals surface area contributed by atoms with E-state index in [0.29, 0.717) is 47.6 Å². The number of anilines is 2. The van der Waals surface area contributed by atoms with Crippen LogP contribution in [0.5, 0.6) is 5.88 Å². The highest BCUT2D eigenvalue weighted by Gasteiger charge is 2.54. The zero-order chi connectivity index (χ0) is 23.0. The molecule has 5 atom stereocenters. The fourth-order valence-corrected chi connectivity index (χ4v) is 6.47. The van der Waals surface area contributed by atoms with Gasteiger partial charge in [0.25, 0.3) is 0 Å². The Kier molecular flexibility index (Phi) is 5.83.